The Morgan fingerprint density at radius 1 is 1.40 bits per heavy atom. The first-order valence-electron chi connectivity index (χ1n) is 10.3. The van der Waals surface area contributed by atoms with Crippen molar-refractivity contribution in [3.63, 3.8) is 0 Å². The second-order valence-electron chi connectivity index (χ2n) is 9.28. The van der Waals surface area contributed by atoms with Crippen LogP contribution in [-0.2, 0) is 11.2 Å². The van der Waals surface area contributed by atoms with Crippen molar-refractivity contribution in [3.05, 3.63) is 41.9 Å². The fourth-order valence-corrected chi connectivity index (χ4v) is 3.79. The molecular weight excluding hydrogens is 390 g/mol. The van der Waals surface area contributed by atoms with Crippen molar-refractivity contribution in [3.8, 4) is 0 Å². The number of nitrogens with zero attached hydrogens (tertiary/aromatic N) is 3. The van der Waals surface area contributed by atoms with E-state index in [4.69, 9.17) is 4.74 Å². The molecule has 6 nitrogen and oxygen atoms in total. The Morgan fingerprint density at radius 2 is 2.07 bits per heavy atom. The van der Waals surface area contributed by atoms with E-state index in [1.165, 1.54) is 0 Å². The Hall–Kier alpha value is -2.51. The van der Waals surface area contributed by atoms with Gasteiger partial charge in [0.15, 0.2) is 5.65 Å². The van der Waals surface area contributed by atoms with Gasteiger partial charge in [0.05, 0.1) is 24.1 Å². The summed E-state index contributed by atoms with van der Waals surface area (Å²) in [4.78, 5) is 17.1. The number of aromatic nitrogens is 3. The fraction of sp³-hybridized carbons (Fsp3) is 0.591. The first kappa shape index (κ1) is 22.2. The van der Waals surface area contributed by atoms with E-state index in [1.54, 1.807) is 37.7 Å². The molecule has 8 heteroatoms. The Bertz CT molecular complexity index is 923. The summed E-state index contributed by atoms with van der Waals surface area (Å²) in [5, 5.41) is 7.26. The summed E-state index contributed by atoms with van der Waals surface area (Å²) in [7, 11) is 0. The summed E-state index contributed by atoms with van der Waals surface area (Å²) in [5.74, 6) is -2.80. The molecule has 164 valence electrons. The lowest BCUT2D eigenvalue weighted by molar-refractivity contribution is -0.0500. The number of ether oxygens (including phenoxy) is 1. The zero-order valence-corrected chi connectivity index (χ0v) is 18.0. The van der Waals surface area contributed by atoms with E-state index in [0.717, 1.165) is 11.1 Å². The summed E-state index contributed by atoms with van der Waals surface area (Å²) >= 11 is 0. The molecule has 0 saturated heterocycles. The molecule has 0 bridgehead atoms. The zero-order valence-electron chi connectivity index (χ0n) is 18.0. The number of rotatable bonds is 5. The Balaban J connectivity index is 1.88. The van der Waals surface area contributed by atoms with Crippen LogP contribution in [0, 0.1) is 5.92 Å². The molecule has 1 saturated carbocycles. The molecule has 2 heterocycles. The van der Waals surface area contributed by atoms with Crippen LogP contribution in [0.5, 0.6) is 0 Å². The lowest BCUT2D eigenvalue weighted by Gasteiger charge is -2.33. The van der Waals surface area contributed by atoms with Crippen molar-refractivity contribution in [2.75, 3.05) is 0 Å². The highest BCUT2D eigenvalue weighted by Gasteiger charge is 2.39. The maximum atomic E-state index is 13.7. The highest BCUT2D eigenvalue weighted by Crippen LogP contribution is 2.41. The minimum Gasteiger partial charge on any atom is -0.444 e. The second kappa shape index (κ2) is 8.32. The zero-order chi connectivity index (χ0) is 22.1. The molecule has 1 aliphatic rings. The molecule has 30 heavy (non-hydrogen) atoms. The van der Waals surface area contributed by atoms with Crippen LogP contribution in [0.15, 0.2) is 30.6 Å². The first-order valence-corrected chi connectivity index (χ1v) is 10.3. The number of imidazole rings is 1. The third-order valence-electron chi connectivity index (χ3n) is 5.13. The van der Waals surface area contributed by atoms with Crippen molar-refractivity contribution < 1.29 is 18.3 Å². The molecule has 0 aromatic carbocycles. The van der Waals surface area contributed by atoms with Crippen LogP contribution in [-0.4, -0.2) is 32.2 Å². The maximum Gasteiger partial charge on any atom is 0.408 e. The minimum absolute atomic E-state index is 0.156. The van der Waals surface area contributed by atoms with Gasteiger partial charge in [-0.05, 0) is 64.5 Å². The number of hydrogen-bond donors (Lipinski definition) is 1. The number of alkyl halides is 2. The van der Waals surface area contributed by atoms with E-state index < -0.39 is 23.7 Å². The second-order valence-corrected chi connectivity index (χ2v) is 9.28. The van der Waals surface area contributed by atoms with Crippen molar-refractivity contribution in [2.45, 2.75) is 77.4 Å². The van der Waals surface area contributed by atoms with E-state index in [0.29, 0.717) is 30.6 Å². The van der Waals surface area contributed by atoms with Gasteiger partial charge >= 0.3 is 6.09 Å². The van der Waals surface area contributed by atoms with Crippen LogP contribution in [0.25, 0.3) is 5.65 Å². The number of allylic oxidation sites excluding steroid dienone is 1. The molecule has 1 aliphatic carbocycles. The molecule has 0 spiro atoms. The van der Waals surface area contributed by atoms with E-state index in [-0.39, 0.29) is 18.8 Å². The van der Waals surface area contributed by atoms with Crippen LogP contribution in [0.3, 0.4) is 0 Å². The third-order valence-corrected chi connectivity index (χ3v) is 5.13. The van der Waals surface area contributed by atoms with Crippen LogP contribution in [0.2, 0.25) is 0 Å². The summed E-state index contributed by atoms with van der Waals surface area (Å²) in [5.41, 5.74) is 2.57. The predicted molar refractivity (Wildman–Crippen MR) is 111 cm³/mol. The fourth-order valence-electron chi connectivity index (χ4n) is 3.79. The van der Waals surface area contributed by atoms with Gasteiger partial charge in [0.2, 0.25) is 5.92 Å². The highest BCUT2D eigenvalue weighted by atomic mass is 19.3. The van der Waals surface area contributed by atoms with Crippen molar-refractivity contribution >= 4 is 11.7 Å². The van der Waals surface area contributed by atoms with Crippen LogP contribution < -0.4 is 5.32 Å². The molecule has 0 radical (unpaired) electrons. The number of fused-ring (bicyclic) bond motifs is 1. The van der Waals surface area contributed by atoms with Gasteiger partial charge in [0.25, 0.3) is 0 Å². The molecule has 0 aliphatic heterocycles. The topological polar surface area (TPSA) is 68.5 Å². The molecule has 1 fully saturated rings. The smallest absolute Gasteiger partial charge is 0.408 e. The number of alkyl carbamates (subject to hydrolysis) is 1. The SMILES string of the molecule is C=C(C)Cc1cnn2cc([C@@H](NC(=O)OC(C)(C)C)C3CCC(F)(F)CC3)nc2c1. The highest BCUT2D eigenvalue weighted by molar-refractivity contribution is 5.68. The number of nitrogens with one attached hydrogen (secondary N) is 1. The first-order chi connectivity index (χ1) is 13.9. The Labute approximate surface area is 175 Å². The van der Waals surface area contributed by atoms with Crippen LogP contribution in [0.4, 0.5) is 13.6 Å². The average Bonchev–Trinajstić information content (AvgIpc) is 3.01. The summed E-state index contributed by atoms with van der Waals surface area (Å²) in [6.07, 6.45) is 3.82. The molecule has 1 N–H and O–H groups in total. The summed E-state index contributed by atoms with van der Waals surface area (Å²) < 4.78 is 34.4. The average molecular weight is 421 g/mol. The molecule has 2 aromatic heterocycles. The van der Waals surface area contributed by atoms with Gasteiger partial charge < -0.3 is 10.1 Å². The quantitative estimate of drug-likeness (QED) is 0.672. The largest absolute Gasteiger partial charge is 0.444 e. The molecule has 2 aromatic rings. The van der Waals surface area contributed by atoms with Crippen molar-refractivity contribution in [1.82, 2.24) is 19.9 Å². The monoisotopic (exact) mass is 420 g/mol. The van der Waals surface area contributed by atoms with Crippen molar-refractivity contribution in [2.24, 2.45) is 5.92 Å². The number of carbonyl (C=O) groups excluding carboxylic acids is 1. The minimum atomic E-state index is -2.65. The number of halogens is 2. The van der Waals surface area contributed by atoms with E-state index >= 15 is 0 Å². The molecule has 1 atom stereocenters. The molecule has 3 rings (SSSR count). The van der Waals surface area contributed by atoms with Gasteiger partial charge in [-0.2, -0.15) is 5.10 Å². The lowest BCUT2D eigenvalue weighted by Crippen LogP contribution is -2.40. The third kappa shape index (κ3) is 5.77. The molecular formula is C22H30F2N4O2. The lowest BCUT2D eigenvalue weighted by atomic mass is 9.81. The number of carbonyl (C=O) groups is 1. The van der Waals surface area contributed by atoms with Crippen molar-refractivity contribution in [1.29, 1.82) is 0 Å². The molecule has 1 amide bonds. The van der Waals surface area contributed by atoms with Crippen LogP contribution in [0.1, 0.15) is 70.7 Å². The summed E-state index contributed by atoms with van der Waals surface area (Å²) in [6, 6.07) is 1.40. The predicted octanol–water partition coefficient (Wildman–Crippen LogP) is 5.24. The van der Waals surface area contributed by atoms with Gasteiger partial charge in [-0.1, -0.05) is 12.2 Å². The van der Waals surface area contributed by atoms with E-state index in [2.05, 4.69) is 22.0 Å². The number of amides is 1. The normalized spacial score (nSPS) is 18.2. The summed E-state index contributed by atoms with van der Waals surface area (Å²) in [6.45, 7) is 11.2. The van der Waals surface area contributed by atoms with E-state index in [9.17, 15) is 13.6 Å². The van der Waals surface area contributed by atoms with Crippen LogP contribution >= 0.6 is 0 Å². The van der Waals surface area contributed by atoms with Gasteiger partial charge in [0, 0.05) is 12.8 Å². The van der Waals surface area contributed by atoms with Gasteiger partial charge in [-0.15, -0.1) is 0 Å². The van der Waals surface area contributed by atoms with Gasteiger partial charge in [-0.3, -0.25) is 0 Å². The Kier molecular flexibility index (Phi) is 6.15. The van der Waals surface area contributed by atoms with E-state index in [1.807, 2.05) is 13.0 Å². The van der Waals surface area contributed by atoms with Gasteiger partial charge in [-0.25, -0.2) is 23.1 Å². The number of hydrogen-bond acceptors (Lipinski definition) is 4. The Morgan fingerprint density at radius 3 is 2.67 bits per heavy atom. The standard InChI is InChI=1S/C22H30F2N4O2/c1-14(2)10-15-11-18-26-17(13-28(18)25-12-15)19(27-20(29)30-21(3,4)5)16-6-8-22(23,24)9-7-16/h11-13,16,19H,1,6-10H2,2-5H3,(H,27,29)/t19-/m0/s1. The van der Waals surface area contributed by atoms with Gasteiger partial charge in [0.1, 0.15) is 5.60 Å². The maximum absolute atomic E-state index is 13.7. The molecule has 0 unspecified atom stereocenters.